The first-order valence-electron chi connectivity index (χ1n) is 7.32. The van der Waals surface area contributed by atoms with E-state index in [0.717, 1.165) is 17.1 Å². The molecule has 0 aliphatic carbocycles. The summed E-state index contributed by atoms with van der Waals surface area (Å²) in [5, 5.41) is 8.96. The highest BCUT2D eigenvalue weighted by molar-refractivity contribution is 7.99. The van der Waals surface area contributed by atoms with Crippen molar-refractivity contribution < 1.29 is 19.4 Å². The first-order valence-corrected chi connectivity index (χ1v) is 8.47. The van der Waals surface area contributed by atoms with Gasteiger partial charge in [0.25, 0.3) is 0 Å². The Morgan fingerprint density at radius 1 is 1.32 bits per heavy atom. The fourth-order valence-electron chi connectivity index (χ4n) is 2.54. The van der Waals surface area contributed by atoms with Gasteiger partial charge in [-0.05, 0) is 18.9 Å². The summed E-state index contributed by atoms with van der Waals surface area (Å²) in [5.74, 6) is 1.01. The number of nitrogens with zero attached hydrogens (tertiary/aromatic N) is 1. The van der Waals surface area contributed by atoms with Crippen LogP contribution in [-0.2, 0) is 15.3 Å². The van der Waals surface area contributed by atoms with Gasteiger partial charge in [0, 0.05) is 24.4 Å². The lowest BCUT2D eigenvalue weighted by atomic mass is 9.97. The van der Waals surface area contributed by atoms with Crippen LogP contribution in [0.5, 0.6) is 5.75 Å². The Labute approximate surface area is 134 Å². The summed E-state index contributed by atoms with van der Waals surface area (Å²) < 4.78 is 5.29. The van der Waals surface area contributed by atoms with E-state index in [1.807, 2.05) is 24.3 Å². The minimum atomic E-state index is -0.752. The molecule has 0 unspecified atom stereocenters. The first-order chi connectivity index (χ1) is 10.6. The molecule has 1 aromatic carbocycles. The highest BCUT2D eigenvalue weighted by Crippen LogP contribution is 2.23. The summed E-state index contributed by atoms with van der Waals surface area (Å²) in [6, 6.07) is 7.78. The number of hydrogen-bond acceptors (Lipinski definition) is 4. The third-order valence-corrected chi connectivity index (χ3v) is 4.84. The smallest absolute Gasteiger partial charge is 0.306 e. The molecule has 1 aliphatic rings. The van der Waals surface area contributed by atoms with Crippen LogP contribution in [0.15, 0.2) is 24.3 Å². The standard InChI is InChI=1S/C16H21NO4S/c1-21-14-5-3-2-4-13(14)10-22-11-15(18)17-8-6-12(7-9-17)16(19)20/h2-5,12H,6-11H2,1H3,(H,19,20). The van der Waals surface area contributed by atoms with Crippen molar-refractivity contribution in [3.05, 3.63) is 29.8 Å². The molecule has 1 N–H and O–H groups in total. The topological polar surface area (TPSA) is 66.8 Å². The SMILES string of the molecule is COc1ccccc1CSCC(=O)N1CCC(C(=O)O)CC1. The van der Waals surface area contributed by atoms with Crippen LogP contribution in [0.3, 0.4) is 0 Å². The lowest BCUT2D eigenvalue weighted by Gasteiger charge is -2.30. The molecule has 5 nitrogen and oxygen atoms in total. The number of carbonyl (C=O) groups is 2. The van der Waals surface area contributed by atoms with Crippen molar-refractivity contribution in [2.24, 2.45) is 5.92 Å². The normalized spacial score (nSPS) is 15.6. The average Bonchev–Trinajstić information content (AvgIpc) is 2.55. The van der Waals surface area contributed by atoms with Gasteiger partial charge in [0.1, 0.15) is 5.75 Å². The number of amides is 1. The van der Waals surface area contributed by atoms with Crippen LogP contribution in [0.1, 0.15) is 18.4 Å². The molecule has 6 heteroatoms. The molecule has 120 valence electrons. The lowest BCUT2D eigenvalue weighted by molar-refractivity contribution is -0.145. The Kier molecular flexibility index (Phi) is 6.12. The molecule has 1 amide bonds. The molecular weight excluding hydrogens is 302 g/mol. The van der Waals surface area contributed by atoms with Gasteiger partial charge in [0.15, 0.2) is 0 Å². The maximum absolute atomic E-state index is 12.1. The van der Waals surface area contributed by atoms with Crippen molar-refractivity contribution in [3.63, 3.8) is 0 Å². The number of ether oxygens (including phenoxy) is 1. The molecule has 22 heavy (non-hydrogen) atoms. The number of hydrogen-bond donors (Lipinski definition) is 1. The highest BCUT2D eigenvalue weighted by atomic mass is 32.2. The van der Waals surface area contributed by atoms with Crippen molar-refractivity contribution in [1.29, 1.82) is 0 Å². The number of piperidine rings is 1. The average molecular weight is 323 g/mol. The fourth-order valence-corrected chi connectivity index (χ4v) is 3.46. The van der Waals surface area contributed by atoms with Crippen LogP contribution < -0.4 is 4.74 Å². The largest absolute Gasteiger partial charge is 0.496 e. The Morgan fingerprint density at radius 2 is 2.00 bits per heavy atom. The minimum Gasteiger partial charge on any atom is -0.496 e. The summed E-state index contributed by atoms with van der Waals surface area (Å²) in [7, 11) is 1.64. The number of carbonyl (C=O) groups excluding carboxylic acids is 1. The molecule has 1 saturated heterocycles. The van der Waals surface area contributed by atoms with Crippen LogP contribution >= 0.6 is 11.8 Å². The summed E-state index contributed by atoms with van der Waals surface area (Å²) in [6.45, 7) is 1.09. The number of para-hydroxylation sites is 1. The summed E-state index contributed by atoms with van der Waals surface area (Å²) in [4.78, 5) is 24.8. The molecule has 1 aromatic rings. The van der Waals surface area contributed by atoms with Crippen LogP contribution in [0.2, 0.25) is 0 Å². The number of aliphatic carboxylic acids is 1. The lowest BCUT2D eigenvalue weighted by Crippen LogP contribution is -2.41. The van der Waals surface area contributed by atoms with E-state index in [1.165, 1.54) is 0 Å². The number of likely N-dealkylation sites (tertiary alicyclic amines) is 1. The van der Waals surface area contributed by atoms with Crippen molar-refractivity contribution >= 4 is 23.6 Å². The quantitative estimate of drug-likeness (QED) is 0.870. The zero-order valence-corrected chi connectivity index (χ0v) is 13.5. The predicted octanol–water partition coefficient (Wildman–Crippen LogP) is 2.25. The number of carboxylic acid groups (broad SMARTS) is 1. The van der Waals surface area contributed by atoms with E-state index in [1.54, 1.807) is 23.8 Å². The van der Waals surface area contributed by atoms with Gasteiger partial charge in [0.05, 0.1) is 18.8 Å². The van der Waals surface area contributed by atoms with E-state index in [0.29, 0.717) is 31.7 Å². The third-order valence-electron chi connectivity index (χ3n) is 3.87. The summed E-state index contributed by atoms with van der Waals surface area (Å²) >= 11 is 1.56. The Hall–Kier alpha value is -1.69. The molecule has 1 fully saturated rings. The number of benzene rings is 1. The first kappa shape index (κ1) is 16.7. The van der Waals surface area contributed by atoms with E-state index in [4.69, 9.17) is 9.84 Å². The van der Waals surface area contributed by atoms with Gasteiger partial charge >= 0.3 is 5.97 Å². The van der Waals surface area contributed by atoms with Crippen molar-refractivity contribution in [3.8, 4) is 5.75 Å². The van der Waals surface area contributed by atoms with Gasteiger partial charge in [-0.1, -0.05) is 18.2 Å². The molecule has 2 rings (SSSR count). The van der Waals surface area contributed by atoms with Gasteiger partial charge in [0.2, 0.25) is 5.91 Å². The van der Waals surface area contributed by atoms with Crippen LogP contribution in [-0.4, -0.2) is 47.8 Å². The molecule has 0 saturated carbocycles. The van der Waals surface area contributed by atoms with Gasteiger partial charge in [-0.2, -0.15) is 0 Å². The number of rotatable bonds is 6. The van der Waals surface area contributed by atoms with Gasteiger partial charge < -0.3 is 14.7 Å². The Bertz CT molecular complexity index is 527. The second kappa shape index (κ2) is 8.08. The van der Waals surface area contributed by atoms with Crippen molar-refractivity contribution in [2.45, 2.75) is 18.6 Å². The van der Waals surface area contributed by atoms with E-state index in [9.17, 15) is 9.59 Å². The maximum atomic E-state index is 12.1. The molecular formula is C16H21NO4S. The van der Waals surface area contributed by atoms with E-state index < -0.39 is 5.97 Å². The van der Waals surface area contributed by atoms with E-state index in [-0.39, 0.29) is 11.8 Å². The second-order valence-corrected chi connectivity index (χ2v) is 6.28. The van der Waals surface area contributed by atoms with Crippen LogP contribution in [0.25, 0.3) is 0 Å². The highest BCUT2D eigenvalue weighted by Gasteiger charge is 2.26. The van der Waals surface area contributed by atoms with Gasteiger partial charge in [-0.15, -0.1) is 11.8 Å². The zero-order chi connectivity index (χ0) is 15.9. The second-order valence-electron chi connectivity index (χ2n) is 5.30. The van der Waals surface area contributed by atoms with Gasteiger partial charge in [-0.25, -0.2) is 0 Å². The third kappa shape index (κ3) is 4.40. The number of methoxy groups -OCH3 is 1. The molecule has 0 aromatic heterocycles. The summed E-state index contributed by atoms with van der Waals surface area (Å²) in [5.41, 5.74) is 1.08. The zero-order valence-electron chi connectivity index (χ0n) is 12.7. The van der Waals surface area contributed by atoms with E-state index in [2.05, 4.69) is 0 Å². The molecule has 0 radical (unpaired) electrons. The Morgan fingerprint density at radius 3 is 2.64 bits per heavy atom. The molecule has 0 spiro atoms. The summed E-state index contributed by atoms with van der Waals surface area (Å²) in [6.07, 6.45) is 1.11. The van der Waals surface area contributed by atoms with Crippen LogP contribution in [0, 0.1) is 5.92 Å². The monoisotopic (exact) mass is 323 g/mol. The molecule has 1 heterocycles. The Balaban J connectivity index is 1.75. The predicted molar refractivity (Wildman–Crippen MR) is 86.1 cm³/mol. The fraction of sp³-hybridized carbons (Fsp3) is 0.500. The van der Waals surface area contributed by atoms with Crippen molar-refractivity contribution in [1.82, 2.24) is 4.90 Å². The molecule has 1 aliphatic heterocycles. The minimum absolute atomic E-state index is 0.0868. The number of carboxylic acids is 1. The van der Waals surface area contributed by atoms with Crippen molar-refractivity contribution in [2.75, 3.05) is 26.0 Å². The maximum Gasteiger partial charge on any atom is 0.306 e. The van der Waals surface area contributed by atoms with Gasteiger partial charge in [-0.3, -0.25) is 9.59 Å². The van der Waals surface area contributed by atoms with Crippen LogP contribution in [0.4, 0.5) is 0 Å². The number of thioether (sulfide) groups is 1. The molecule has 0 atom stereocenters. The van der Waals surface area contributed by atoms with E-state index >= 15 is 0 Å². The molecule has 0 bridgehead atoms.